The topological polar surface area (TPSA) is 9.23 Å². The minimum Gasteiger partial charge on any atom is -0.490 e. The first-order chi connectivity index (χ1) is 11.7. The SMILES string of the molecule is CC.CCc1ccc(Cc2cc(C)c(OC3CCC3)cc2Br)cc1. The van der Waals surface area contributed by atoms with Gasteiger partial charge in [-0.3, -0.25) is 0 Å². The van der Waals surface area contributed by atoms with E-state index in [1.54, 1.807) is 0 Å². The summed E-state index contributed by atoms with van der Waals surface area (Å²) >= 11 is 3.72. The van der Waals surface area contributed by atoms with Crippen LogP contribution in [0.25, 0.3) is 0 Å². The lowest BCUT2D eigenvalue weighted by atomic mass is 9.96. The predicted octanol–water partition coefficient (Wildman–Crippen LogP) is 6.87. The summed E-state index contributed by atoms with van der Waals surface area (Å²) in [6, 6.07) is 13.3. The van der Waals surface area contributed by atoms with Gasteiger partial charge in [-0.1, -0.05) is 67.0 Å². The molecule has 0 N–H and O–H groups in total. The molecule has 1 fully saturated rings. The van der Waals surface area contributed by atoms with Crippen molar-refractivity contribution in [1.82, 2.24) is 0 Å². The Morgan fingerprint density at radius 1 is 1.04 bits per heavy atom. The van der Waals surface area contributed by atoms with Crippen molar-refractivity contribution >= 4 is 15.9 Å². The van der Waals surface area contributed by atoms with Gasteiger partial charge in [0, 0.05) is 4.47 Å². The van der Waals surface area contributed by atoms with Gasteiger partial charge in [0.15, 0.2) is 0 Å². The first-order valence-corrected chi connectivity index (χ1v) is 9.98. The highest BCUT2D eigenvalue weighted by Gasteiger charge is 2.20. The normalized spacial score (nSPS) is 13.7. The lowest BCUT2D eigenvalue weighted by molar-refractivity contribution is 0.119. The molecule has 0 heterocycles. The van der Waals surface area contributed by atoms with E-state index in [0.29, 0.717) is 6.10 Å². The fourth-order valence-corrected chi connectivity index (χ4v) is 3.23. The molecule has 0 spiro atoms. The first kappa shape index (κ1) is 19.1. The van der Waals surface area contributed by atoms with E-state index in [-0.39, 0.29) is 0 Å². The summed E-state index contributed by atoms with van der Waals surface area (Å²) in [7, 11) is 0. The summed E-state index contributed by atoms with van der Waals surface area (Å²) in [4.78, 5) is 0. The molecule has 0 aromatic heterocycles. The smallest absolute Gasteiger partial charge is 0.123 e. The Hall–Kier alpha value is -1.28. The quantitative estimate of drug-likeness (QED) is 0.542. The second-order valence-electron chi connectivity index (χ2n) is 6.23. The molecule has 0 aliphatic heterocycles. The summed E-state index contributed by atoms with van der Waals surface area (Å²) in [5, 5.41) is 0. The molecule has 2 aromatic rings. The van der Waals surface area contributed by atoms with Crippen LogP contribution in [0.1, 0.15) is 62.3 Å². The number of ether oxygens (including phenoxy) is 1. The zero-order valence-electron chi connectivity index (χ0n) is 15.4. The molecule has 0 bridgehead atoms. The van der Waals surface area contributed by atoms with Gasteiger partial charge in [-0.25, -0.2) is 0 Å². The van der Waals surface area contributed by atoms with Gasteiger partial charge in [-0.2, -0.15) is 0 Å². The molecule has 130 valence electrons. The predicted molar refractivity (Wildman–Crippen MR) is 107 cm³/mol. The molecule has 2 heteroatoms. The summed E-state index contributed by atoms with van der Waals surface area (Å²) in [5.74, 6) is 1.03. The van der Waals surface area contributed by atoms with Gasteiger partial charge < -0.3 is 4.74 Å². The second-order valence-corrected chi connectivity index (χ2v) is 7.08. The molecular weight excluding hydrogens is 360 g/mol. The molecule has 0 atom stereocenters. The molecule has 0 unspecified atom stereocenters. The van der Waals surface area contributed by atoms with Crippen molar-refractivity contribution in [2.24, 2.45) is 0 Å². The van der Waals surface area contributed by atoms with Crippen LogP contribution in [0.4, 0.5) is 0 Å². The Balaban J connectivity index is 0.00000100. The second kappa shape index (κ2) is 9.27. The van der Waals surface area contributed by atoms with Gasteiger partial charge in [0.25, 0.3) is 0 Å². The highest BCUT2D eigenvalue weighted by Crippen LogP contribution is 2.32. The van der Waals surface area contributed by atoms with E-state index in [2.05, 4.69) is 66.2 Å². The van der Waals surface area contributed by atoms with Crippen LogP contribution >= 0.6 is 15.9 Å². The molecule has 0 radical (unpaired) electrons. The Bertz CT molecular complexity index is 642. The van der Waals surface area contributed by atoms with Gasteiger partial charge in [0.2, 0.25) is 0 Å². The van der Waals surface area contributed by atoms with Crippen LogP contribution in [0, 0.1) is 6.92 Å². The number of benzene rings is 2. The van der Waals surface area contributed by atoms with Crippen molar-refractivity contribution in [3.63, 3.8) is 0 Å². The number of rotatable bonds is 5. The van der Waals surface area contributed by atoms with E-state index in [1.165, 1.54) is 41.5 Å². The van der Waals surface area contributed by atoms with Crippen molar-refractivity contribution in [2.45, 2.75) is 65.9 Å². The van der Waals surface area contributed by atoms with Gasteiger partial charge >= 0.3 is 0 Å². The van der Waals surface area contributed by atoms with Gasteiger partial charge in [0.05, 0.1) is 6.10 Å². The number of hydrogen-bond donors (Lipinski definition) is 0. The van der Waals surface area contributed by atoms with Crippen LogP contribution in [0.15, 0.2) is 40.9 Å². The third kappa shape index (κ3) is 4.86. The molecule has 1 nitrogen and oxygen atoms in total. The average molecular weight is 389 g/mol. The Morgan fingerprint density at radius 2 is 1.67 bits per heavy atom. The third-order valence-electron chi connectivity index (χ3n) is 4.52. The molecule has 1 aliphatic carbocycles. The Morgan fingerprint density at radius 3 is 2.21 bits per heavy atom. The van der Waals surface area contributed by atoms with E-state index in [9.17, 15) is 0 Å². The Labute approximate surface area is 155 Å². The molecule has 1 saturated carbocycles. The molecule has 24 heavy (non-hydrogen) atoms. The van der Waals surface area contributed by atoms with Crippen LogP contribution < -0.4 is 4.74 Å². The van der Waals surface area contributed by atoms with Gasteiger partial charge in [0.1, 0.15) is 5.75 Å². The summed E-state index contributed by atoms with van der Waals surface area (Å²) in [6.07, 6.45) is 6.17. The lowest BCUT2D eigenvalue weighted by Crippen LogP contribution is -2.24. The standard InChI is InChI=1S/C20H23BrO.C2H6/c1-3-15-7-9-16(10-8-15)12-17-11-14(2)20(13-19(17)21)22-18-5-4-6-18;1-2/h7-11,13,18H,3-6,12H2,1-2H3;1-2H3. The first-order valence-electron chi connectivity index (χ1n) is 9.19. The molecule has 0 amide bonds. The molecular formula is C22H29BrO. The zero-order valence-corrected chi connectivity index (χ0v) is 16.9. The fourth-order valence-electron chi connectivity index (χ4n) is 2.77. The van der Waals surface area contributed by atoms with E-state index in [0.717, 1.165) is 23.1 Å². The van der Waals surface area contributed by atoms with Gasteiger partial charge in [-0.15, -0.1) is 0 Å². The number of hydrogen-bond acceptors (Lipinski definition) is 1. The van der Waals surface area contributed by atoms with E-state index >= 15 is 0 Å². The molecule has 0 saturated heterocycles. The third-order valence-corrected chi connectivity index (χ3v) is 5.25. The van der Waals surface area contributed by atoms with E-state index in [1.807, 2.05) is 13.8 Å². The highest BCUT2D eigenvalue weighted by molar-refractivity contribution is 9.10. The van der Waals surface area contributed by atoms with Gasteiger partial charge in [-0.05, 0) is 67.3 Å². The molecule has 2 aromatic carbocycles. The summed E-state index contributed by atoms with van der Waals surface area (Å²) in [6.45, 7) is 8.33. The van der Waals surface area contributed by atoms with Crippen molar-refractivity contribution < 1.29 is 4.74 Å². The monoisotopic (exact) mass is 388 g/mol. The summed E-state index contributed by atoms with van der Waals surface area (Å²) in [5.41, 5.74) is 5.30. The van der Waals surface area contributed by atoms with Crippen LogP contribution in [0.2, 0.25) is 0 Å². The maximum absolute atomic E-state index is 6.07. The van der Waals surface area contributed by atoms with Crippen LogP contribution in [0.3, 0.4) is 0 Å². The van der Waals surface area contributed by atoms with Crippen molar-refractivity contribution in [3.8, 4) is 5.75 Å². The minimum absolute atomic E-state index is 0.429. The maximum atomic E-state index is 6.07. The van der Waals surface area contributed by atoms with Crippen molar-refractivity contribution in [2.75, 3.05) is 0 Å². The average Bonchev–Trinajstić information content (AvgIpc) is 2.57. The highest BCUT2D eigenvalue weighted by atomic mass is 79.9. The van der Waals surface area contributed by atoms with Crippen LogP contribution in [0.5, 0.6) is 5.75 Å². The molecule has 3 rings (SSSR count). The summed E-state index contributed by atoms with van der Waals surface area (Å²) < 4.78 is 7.21. The molecule has 1 aliphatic rings. The number of halogens is 1. The van der Waals surface area contributed by atoms with E-state index < -0.39 is 0 Å². The van der Waals surface area contributed by atoms with Crippen LogP contribution in [-0.2, 0) is 12.8 Å². The fraction of sp³-hybridized carbons (Fsp3) is 0.455. The lowest BCUT2D eigenvalue weighted by Gasteiger charge is -2.27. The van der Waals surface area contributed by atoms with Crippen LogP contribution in [-0.4, -0.2) is 6.10 Å². The zero-order chi connectivity index (χ0) is 17.5. The Kier molecular flexibility index (Phi) is 7.36. The minimum atomic E-state index is 0.429. The van der Waals surface area contributed by atoms with E-state index in [4.69, 9.17) is 4.74 Å². The van der Waals surface area contributed by atoms with Crippen molar-refractivity contribution in [1.29, 1.82) is 0 Å². The van der Waals surface area contributed by atoms with Crippen molar-refractivity contribution in [3.05, 3.63) is 63.1 Å². The largest absolute Gasteiger partial charge is 0.490 e. The number of aryl methyl sites for hydroxylation is 2. The maximum Gasteiger partial charge on any atom is 0.123 e.